The molecule has 11 nitrogen and oxygen atoms in total. The van der Waals surface area contributed by atoms with E-state index in [2.05, 4.69) is 10.6 Å². The lowest BCUT2D eigenvalue weighted by atomic mass is 10.2. The Morgan fingerprint density at radius 2 is 1.31 bits per heavy atom. The Bertz CT molecular complexity index is 739. The monoisotopic (exact) mass is 512 g/mol. The predicted molar refractivity (Wildman–Crippen MR) is 131 cm³/mol. The third-order valence-electron chi connectivity index (χ3n) is 4.16. The quantitative estimate of drug-likeness (QED) is 0.211. The Morgan fingerprint density at radius 3 is 1.89 bits per heavy atom. The first-order chi connectivity index (χ1) is 17.3. The number of amides is 2. The van der Waals surface area contributed by atoms with E-state index >= 15 is 0 Å². The number of esters is 1. The molecule has 1 aromatic rings. The third kappa shape index (κ3) is 19.6. The number of rotatable bonds is 19. The summed E-state index contributed by atoms with van der Waals surface area (Å²) in [6.45, 7) is 8.80. The summed E-state index contributed by atoms with van der Waals surface area (Å²) in [6.07, 6.45) is -0.442. The van der Waals surface area contributed by atoms with Crippen molar-refractivity contribution in [3.63, 3.8) is 0 Å². The zero-order valence-corrected chi connectivity index (χ0v) is 21.5. The van der Waals surface area contributed by atoms with Gasteiger partial charge in [-0.2, -0.15) is 0 Å². The lowest BCUT2D eigenvalue weighted by Gasteiger charge is -2.19. The smallest absolute Gasteiger partial charge is 0.407 e. The fourth-order valence-electron chi connectivity index (χ4n) is 2.56. The summed E-state index contributed by atoms with van der Waals surface area (Å²) in [5, 5.41) is 5.03. The van der Waals surface area contributed by atoms with E-state index < -0.39 is 11.7 Å². The molecule has 0 fully saturated rings. The van der Waals surface area contributed by atoms with Crippen molar-refractivity contribution in [3.05, 3.63) is 35.9 Å². The molecule has 1 rings (SSSR count). The van der Waals surface area contributed by atoms with Gasteiger partial charge in [0.25, 0.3) is 0 Å². The van der Waals surface area contributed by atoms with Gasteiger partial charge in [0.15, 0.2) is 0 Å². The lowest BCUT2D eigenvalue weighted by Crippen LogP contribution is -2.38. The van der Waals surface area contributed by atoms with E-state index in [9.17, 15) is 14.4 Å². The van der Waals surface area contributed by atoms with Crippen molar-refractivity contribution in [1.82, 2.24) is 10.6 Å². The molecular formula is C25H40N2O9. The van der Waals surface area contributed by atoms with Gasteiger partial charge in [0.2, 0.25) is 5.91 Å². The summed E-state index contributed by atoms with van der Waals surface area (Å²) in [7, 11) is 0. The van der Waals surface area contributed by atoms with Crippen LogP contribution in [-0.4, -0.2) is 89.5 Å². The minimum absolute atomic E-state index is 0.141. The minimum Gasteiger partial charge on any atom is -0.460 e. The number of carbonyl (C=O) groups excluding carboxylic acids is 3. The van der Waals surface area contributed by atoms with Gasteiger partial charge in [0.05, 0.1) is 65.8 Å². The van der Waals surface area contributed by atoms with Gasteiger partial charge in [-0.1, -0.05) is 30.3 Å². The Hall–Kier alpha value is -2.73. The fraction of sp³-hybridized carbons (Fsp3) is 0.640. The van der Waals surface area contributed by atoms with Crippen LogP contribution in [0.3, 0.4) is 0 Å². The van der Waals surface area contributed by atoms with E-state index in [1.165, 1.54) is 0 Å². The molecule has 0 aliphatic carbocycles. The van der Waals surface area contributed by atoms with Gasteiger partial charge in [-0.15, -0.1) is 0 Å². The first-order valence-corrected chi connectivity index (χ1v) is 12.0. The molecule has 0 saturated carbocycles. The molecule has 0 heterocycles. The second-order valence-corrected chi connectivity index (χ2v) is 8.55. The van der Waals surface area contributed by atoms with Crippen molar-refractivity contribution in [2.24, 2.45) is 0 Å². The molecule has 204 valence electrons. The number of alkyl carbamates (subject to hydrolysis) is 1. The van der Waals surface area contributed by atoms with Crippen LogP contribution in [0.4, 0.5) is 4.79 Å². The van der Waals surface area contributed by atoms with Crippen LogP contribution in [0.25, 0.3) is 0 Å². The zero-order chi connectivity index (χ0) is 26.5. The fourth-order valence-corrected chi connectivity index (χ4v) is 2.56. The molecule has 0 radical (unpaired) electrons. The topological polar surface area (TPSA) is 131 Å². The maximum absolute atomic E-state index is 11.7. The van der Waals surface area contributed by atoms with Crippen LogP contribution in [0.5, 0.6) is 0 Å². The Morgan fingerprint density at radius 1 is 0.750 bits per heavy atom. The highest BCUT2D eigenvalue weighted by molar-refractivity contribution is 5.82. The Balaban J connectivity index is 1.81. The molecule has 11 heteroatoms. The average Bonchev–Trinajstić information content (AvgIpc) is 2.83. The predicted octanol–water partition coefficient (Wildman–Crippen LogP) is 1.83. The van der Waals surface area contributed by atoms with Gasteiger partial charge in [-0.25, -0.2) is 4.79 Å². The number of carbonyl (C=O) groups is 3. The third-order valence-corrected chi connectivity index (χ3v) is 4.16. The van der Waals surface area contributed by atoms with Crippen LogP contribution in [-0.2, 0) is 44.6 Å². The van der Waals surface area contributed by atoms with Crippen molar-refractivity contribution in [2.45, 2.75) is 39.4 Å². The number of hydrogen-bond donors (Lipinski definition) is 2. The molecule has 0 unspecified atom stereocenters. The van der Waals surface area contributed by atoms with Crippen molar-refractivity contribution in [3.8, 4) is 0 Å². The van der Waals surface area contributed by atoms with Gasteiger partial charge in [-0.3, -0.25) is 9.59 Å². The van der Waals surface area contributed by atoms with Gasteiger partial charge < -0.3 is 39.1 Å². The van der Waals surface area contributed by atoms with Crippen molar-refractivity contribution in [1.29, 1.82) is 0 Å². The van der Waals surface area contributed by atoms with Crippen LogP contribution < -0.4 is 10.6 Å². The first kappa shape index (κ1) is 31.3. The van der Waals surface area contributed by atoms with E-state index in [0.29, 0.717) is 59.4 Å². The van der Waals surface area contributed by atoms with Crippen LogP contribution in [0.1, 0.15) is 32.8 Å². The van der Waals surface area contributed by atoms with Crippen molar-refractivity contribution in [2.75, 3.05) is 65.9 Å². The highest BCUT2D eigenvalue weighted by atomic mass is 16.6. The van der Waals surface area contributed by atoms with Crippen molar-refractivity contribution >= 4 is 18.0 Å². The molecule has 2 N–H and O–H groups in total. The SMILES string of the molecule is CC(C)(C)OC(=O)CCOCCOCCOCCOCCNC(=O)CNC(=O)OCc1ccccc1. The Kier molecular flexibility index (Phi) is 16.9. The number of nitrogens with one attached hydrogen (secondary N) is 2. The molecule has 0 atom stereocenters. The summed E-state index contributed by atoms with van der Waals surface area (Å²) < 4.78 is 31.7. The summed E-state index contributed by atoms with van der Waals surface area (Å²) >= 11 is 0. The summed E-state index contributed by atoms with van der Waals surface area (Å²) in [5.74, 6) is -0.618. The molecule has 2 amide bonds. The average molecular weight is 513 g/mol. The normalized spacial score (nSPS) is 11.1. The van der Waals surface area contributed by atoms with E-state index in [0.717, 1.165) is 5.56 Å². The molecule has 0 aliphatic rings. The summed E-state index contributed by atoms with van der Waals surface area (Å²) in [6, 6.07) is 9.26. The molecular weight excluding hydrogens is 472 g/mol. The maximum atomic E-state index is 11.7. The standard InChI is InChI=1S/C25H40N2O9/c1-25(2,3)36-23(29)9-11-31-13-15-33-17-18-34-16-14-32-12-10-26-22(28)19-27-24(30)35-20-21-7-5-4-6-8-21/h4-8H,9-20H2,1-3H3,(H,26,28)(H,27,30). The number of ether oxygens (including phenoxy) is 6. The number of hydrogen-bond acceptors (Lipinski definition) is 9. The largest absolute Gasteiger partial charge is 0.460 e. The van der Waals surface area contributed by atoms with Gasteiger partial charge in [0, 0.05) is 6.54 Å². The van der Waals surface area contributed by atoms with E-state index in [1.807, 2.05) is 51.1 Å². The second-order valence-electron chi connectivity index (χ2n) is 8.55. The van der Waals surface area contributed by atoms with Crippen LogP contribution >= 0.6 is 0 Å². The van der Waals surface area contributed by atoms with Crippen LogP contribution in [0.2, 0.25) is 0 Å². The van der Waals surface area contributed by atoms with Crippen molar-refractivity contribution < 1.29 is 42.8 Å². The first-order valence-electron chi connectivity index (χ1n) is 12.0. The Labute approximate surface area is 213 Å². The molecule has 0 aliphatic heterocycles. The highest BCUT2D eigenvalue weighted by Gasteiger charge is 2.15. The lowest BCUT2D eigenvalue weighted by molar-refractivity contribution is -0.156. The van der Waals surface area contributed by atoms with Gasteiger partial charge in [-0.05, 0) is 26.3 Å². The van der Waals surface area contributed by atoms with E-state index in [1.54, 1.807) is 0 Å². The molecule has 0 bridgehead atoms. The molecule has 0 spiro atoms. The van der Waals surface area contributed by atoms with E-state index in [-0.39, 0.29) is 31.4 Å². The van der Waals surface area contributed by atoms with Crippen LogP contribution in [0.15, 0.2) is 30.3 Å². The molecule has 36 heavy (non-hydrogen) atoms. The van der Waals surface area contributed by atoms with E-state index in [4.69, 9.17) is 28.4 Å². The summed E-state index contributed by atoms with van der Waals surface area (Å²) in [4.78, 5) is 34.8. The molecule has 0 saturated heterocycles. The highest BCUT2D eigenvalue weighted by Crippen LogP contribution is 2.08. The zero-order valence-electron chi connectivity index (χ0n) is 21.5. The van der Waals surface area contributed by atoms with Crippen LogP contribution in [0, 0.1) is 0 Å². The van der Waals surface area contributed by atoms with Gasteiger partial charge >= 0.3 is 12.1 Å². The second kappa shape index (κ2) is 19.5. The molecule has 0 aromatic heterocycles. The summed E-state index contributed by atoms with van der Waals surface area (Å²) in [5.41, 5.74) is 0.379. The van der Waals surface area contributed by atoms with Gasteiger partial charge in [0.1, 0.15) is 12.2 Å². The number of benzene rings is 1. The maximum Gasteiger partial charge on any atom is 0.407 e. The minimum atomic E-state index is -0.655. The molecule has 1 aromatic carbocycles.